The second-order valence-electron chi connectivity index (χ2n) is 5.31. The number of allylic oxidation sites excluding steroid dienone is 3. The van der Waals surface area contributed by atoms with Crippen LogP contribution in [0.2, 0.25) is 0 Å². The molecule has 22 heavy (non-hydrogen) atoms. The highest BCUT2D eigenvalue weighted by Gasteiger charge is 2.11. The fraction of sp³-hybridized carbons (Fsp3) is 0.143. The average Bonchev–Trinajstić information content (AvgIpc) is 2.50. The summed E-state index contributed by atoms with van der Waals surface area (Å²) in [4.78, 5) is 0. The topological polar surface area (TPSA) is 20.2 Å². The summed E-state index contributed by atoms with van der Waals surface area (Å²) in [6.45, 7) is 11.6. The standard InChI is InChI=1S/C21H22O/c1-4-7-16-14-18(8-5-2)21(19(15-16)9-6-3)17-10-12-20(22)13-11-17/h4-6,10-15,22H,1-3,7-9H2. The molecule has 0 saturated heterocycles. The van der Waals surface area contributed by atoms with Gasteiger partial charge in [0.1, 0.15) is 5.75 Å². The average molecular weight is 290 g/mol. The molecule has 0 amide bonds. The molecule has 0 unspecified atom stereocenters. The molecule has 0 radical (unpaired) electrons. The Balaban J connectivity index is 2.65. The van der Waals surface area contributed by atoms with Crippen molar-refractivity contribution in [3.8, 4) is 16.9 Å². The summed E-state index contributed by atoms with van der Waals surface area (Å²) in [6, 6.07) is 11.8. The zero-order valence-electron chi connectivity index (χ0n) is 12.9. The van der Waals surface area contributed by atoms with E-state index in [9.17, 15) is 5.11 Å². The summed E-state index contributed by atoms with van der Waals surface area (Å²) in [6.07, 6.45) is 8.25. The minimum Gasteiger partial charge on any atom is -0.508 e. The van der Waals surface area contributed by atoms with E-state index in [0.717, 1.165) is 24.8 Å². The molecule has 0 saturated carbocycles. The summed E-state index contributed by atoms with van der Waals surface area (Å²) in [5.41, 5.74) is 6.07. The maximum Gasteiger partial charge on any atom is 0.115 e. The quantitative estimate of drug-likeness (QED) is 0.691. The monoisotopic (exact) mass is 290 g/mol. The highest BCUT2D eigenvalue weighted by Crippen LogP contribution is 2.32. The minimum absolute atomic E-state index is 0.280. The van der Waals surface area contributed by atoms with Gasteiger partial charge in [-0.05, 0) is 59.2 Å². The van der Waals surface area contributed by atoms with Crippen LogP contribution in [0.1, 0.15) is 16.7 Å². The van der Waals surface area contributed by atoms with Crippen molar-refractivity contribution in [3.05, 3.63) is 91.1 Å². The van der Waals surface area contributed by atoms with Crippen LogP contribution in [-0.4, -0.2) is 5.11 Å². The van der Waals surface area contributed by atoms with Gasteiger partial charge in [0.2, 0.25) is 0 Å². The molecular weight excluding hydrogens is 268 g/mol. The van der Waals surface area contributed by atoms with Crippen molar-refractivity contribution in [1.29, 1.82) is 0 Å². The van der Waals surface area contributed by atoms with Crippen molar-refractivity contribution in [2.24, 2.45) is 0 Å². The first-order valence-electron chi connectivity index (χ1n) is 7.46. The van der Waals surface area contributed by atoms with Gasteiger partial charge in [-0.15, -0.1) is 19.7 Å². The molecule has 2 rings (SSSR count). The Kier molecular flexibility index (Phi) is 5.37. The summed E-state index contributed by atoms with van der Waals surface area (Å²) >= 11 is 0. The number of rotatable bonds is 7. The Morgan fingerprint density at radius 2 is 1.27 bits per heavy atom. The van der Waals surface area contributed by atoms with Crippen LogP contribution in [0.25, 0.3) is 11.1 Å². The molecule has 0 spiro atoms. The summed E-state index contributed by atoms with van der Waals surface area (Å²) in [5, 5.41) is 9.52. The normalized spacial score (nSPS) is 10.2. The van der Waals surface area contributed by atoms with Crippen LogP contribution in [0, 0.1) is 0 Å². The number of phenols is 1. The van der Waals surface area contributed by atoms with Gasteiger partial charge in [0, 0.05) is 0 Å². The molecule has 1 nitrogen and oxygen atoms in total. The van der Waals surface area contributed by atoms with Crippen molar-refractivity contribution in [2.75, 3.05) is 0 Å². The molecule has 112 valence electrons. The minimum atomic E-state index is 0.280. The highest BCUT2D eigenvalue weighted by molar-refractivity contribution is 5.73. The van der Waals surface area contributed by atoms with E-state index in [1.165, 1.54) is 22.3 Å². The predicted molar refractivity (Wildman–Crippen MR) is 95.2 cm³/mol. The lowest BCUT2D eigenvalue weighted by atomic mass is 9.88. The molecule has 0 fully saturated rings. The van der Waals surface area contributed by atoms with Gasteiger partial charge in [-0.3, -0.25) is 0 Å². The molecule has 1 heteroatoms. The Hall–Kier alpha value is -2.54. The lowest BCUT2D eigenvalue weighted by Gasteiger charge is -2.16. The molecule has 0 bridgehead atoms. The molecule has 1 N–H and O–H groups in total. The lowest BCUT2D eigenvalue weighted by Crippen LogP contribution is -1.98. The van der Waals surface area contributed by atoms with Crippen LogP contribution in [0.15, 0.2) is 74.4 Å². The van der Waals surface area contributed by atoms with Crippen molar-refractivity contribution < 1.29 is 5.11 Å². The molecule has 0 heterocycles. The van der Waals surface area contributed by atoms with E-state index in [4.69, 9.17) is 0 Å². The van der Waals surface area contributed by atoms with Gasteiger partial charge in [0.25, 0.3) is 0 Å². The van der Waals surface area contributed by atoms with Crippen LogP contribution >= 0.6 is 0 Å². The van der Waals surface area contributed by atoms with E-state index in [0.29, 0.717) is 0 Å². The van der Waals surface area contributed by atoms with Crippen molar-refractivity contribution in [1.82, 2.24) is 0 Å². The first-order chi connectivity index (χ1) is 10.7. The van der Waals surface area contributed by atoms with Gasteiger partial charge in [0.15, 0.2) is 0 Å². The van der Waals surface area contributed by atoms with Crippen molar-refractivity contribution in [3.63, 3.8) is 0 Å². The van der Waals surface area contributed by atoms with Crippen LogP contribution < -0.4 is 0 Å². The van der Waals surface area contributed by atoms with Gasteiger partial charge < -0.3 is 5.11 Å². The zero-order valence-corrected chi connectivity index (χ0v) is 12.9. The molecule has 2 aromatic carbocycles. The fourth-order valence-corrected chi connectivity index (χ4v) is 2.76. The largest absolute Gasteiger partial charge is 0.508 e. The van der Waals surface area contributed by atoms with Crippen LogP contribution in [-0.2, 0) is 19.3 Å². The molecule has 0 aliphatic rings. The third-order valence-corrected chi connectivity index (χ3v) is 3.63. The number of aromatic hydroxyl groups is 1. The van der Waals surface area contributed by atoms with E-state index in [-0.39, 0.29) is 5.75 Å². The molecule has 0 atom stereocenters. The lowest BCUT2D eigenvalue weighted by molar-refractivity contribution is 0.475. The van der Waals surface area contributed by atoms with Crippen LogP contribution in [0.5, 0.6) is 5.75 Å². The molecule has 0 aliphatic carbocycles. The second kappa shape index (κ2) is 7.46. The molecule has 0 aliphatic heterocycles. The third kappa shape index (κ3) is 3.56. The highest BCUT2D eigenvalue weighted by atomic mass is 16.3. The maximum atomic E-state index is 9.52. The van der Waals surface area contributed by atoms with Gasteiger partial charge in [-0.25, -0.2) is 0 Å². The fourth-order valence-electron chi connectivity index (χ4n) is 2.76. The Morgan fingerprint density at radius 1 is 0.773 bits per heavy atom. The van der Waals surface area contributed by atoms with Gasteiger partial charge in [-0.2, -0.15) is 0 Å². The first kappa shape index (κ1) is 15.8. The zero-order chi connectivity index (χ0) is 15.9. The van der Waals surface area contributed by atoms with Crippen molar-refractivity contribution >= 4 is 0 Å². The summed E-state index contributed by atoms with van der Waals surface area (Å²) in [7, 11) is 0. The Labute approximate surface area is 132 Å². The predicted octanol–water partition coefficient (Wildman–Crippen LogP) is 5.24. The second-order valence-corrected chi connectivity index (χ2v) is 5.31. The van der Waals surface area contributed by atoms with Crippen LogP contribution in [0.3, 0.4) is 0 Å². The third-order valence-electron chi connectivity index (χ3n) is 3.63. The van der Waals surface area contributed by atoms with Gasteiger partial charge in [-0.1, -0.05) is 42.5 Å². The number of hydrogen-bond acceptors (Lipinski definition) is 1. The van der Waals surface area contributed by atoms with E-state index < -0.39 is 0 Å². The van der Waals surface area contributed by atoms with Gasteiger partial charge in [0.05, 0.1) is 0 Å². The summed E-state index contributed by atoms with van der Waals surface area (Å²) < 4.78 is 0. The smallest absolute Gasteiger partial charge is 0.115 e. The van der Waals surface area contributed by atoms with E-state index in [1.807, 2.05) is 30.4 Å². The number of phenolic OH excluding ortho intramolecular Hbond substituents is 1. The number of hydrogen-bond donors (Lipinski definition) is 1. The van der Waals surface area contributed by atoms with E-state index >= 15 is 0 Å². The maximum absolute atomic E-state index is 9.52. The Bertz CT molecular complexity index is 647. The van der Waals surface area contributed by atoms with E-state index in [1.54, 1.807) is 12.1 Å². The summed E-state index contributed by atoms with van der Waals surface area (Å²) in [5.74, 6) is 0.280. The molecular formula is C21H22O. The molecule has 0 aromatic heterocycles. The number of benzene rings is 2. The van der Waals surface area contributed by atoms with E-state index in [2.05, 4.69) is 31.9 Å². The first-order valence-corrected chi connectivity index (χ1v) is 7.46. The van der Waals surface area contributed by atoms with Crippen LogP contribution in [0.4, 0.5) is 0 Å². The SMILES string of the molecule is C=CCc1cc(CC=C)c(-c2ccc(O)cc2)c(CC=C)c1. The van der Waals surface area contributed by atoms with Gasteiger partial charge >= 0.3 is 0 Å². The molecule has 2 aromatic rings. The Morgan fingerprint density at radius 3 is 1.73 bits per heavy atom. The van der Waals surface area contributed by atoms with Crippen molar-refractivity contribution in [2.45, 2.75) is 19.3 Å².